The van der Waals surface area contributed by atoms with E-state index in [-0.39, 0.29) is 5.91 Å². The number of pyridine rings is 1. The van der Waals surface area contributed by atoms with E-state index in [9.17, 15) is 4.79 Å². The number of anilines is 1. The van der Waals surface area contributed by atoms with Crippen LogP contribution in [0.4, 0.5) is 5.82 Å². The number of hydrogen-bond donors (Lipinski definition) is 1. The van der Waals surface area contributed by atoms with E-state index in [0.717, 1.165) is 56.8 Å². The first-order valence-corrected chi connectivity index (χ1v) is 11.4. The maximum absolute atomic E-state index is 12.6. The van der Waals surface area contributed by atoms with Crippen LogP contribution in [0.3, 0.4) is 0 Å². The fourth-order valence-electron chi connectivity index (χ4n) is 5.07. The first kappa shape index (κ1) is 19.7. The number of piperidine rings is 2. The zero-order valence-electron chi connectivity index (χ0n) is 17.4. The second kappa shape index (κ2) is 9.25. The van der Waals surface area contributed by atoms with Gasteiger partial charge in [0.15, 0.2) is 0 Å². The highest BCUT2D eigenvalue weighted by molar-refractivity contribution is 5.94. The summed E-state index contributed by atoms with van der Waals surface area (Å²) < 4.78 is 0. The predicted molar refractivity (Wildman–Crippen MR) is 114 cm³/mol. The lowest BCUT2D eigenvalue weighted by Crippen LogP contribution is -2.48. The Bertz CT molecular complexity index is 625. The molecule has 28 heavy (non-hydrogen) atoms. The van der Waals surface area contributed by atoms with Crippen LogP contribution >= 0.6 is 0 Å². The van der Waals surface area contributed by atoms with Crippen LogP contribution in [0, 0.1) is 5.92 Å². The molecular formula is C23H36N4O. The van der Waals surface area contributed by atoms with Crippen LogP contribution in [0.5, 0.6) is 0 Å². The minimum absolute atomic E-state index is 0.0300. The number of rotatable bonds is 4. The number of nitrogens with one attached hydrogen (secondary N) is 1. The molecule has 5 nitrogen and oxygen atoms in total. The van der Waals surface area contributed by atoms with E-state index in [1.807, 2.05) is 12.1 Å². The van der Waals surface area contributed by atoms with Crippen LogP contribution in [-0.2, 0) is 0 Å². The lowest BCUT2D eigenvalue weighted by Gasteiger charge is -2.39. The monoisotopic (exact) mass is 384 g/mol. The Labute approximate surface area is 169 Å². The van der Waals surface area contributed by atoms with Gasteiger partial charge >= 0.3 is 0 Å². The highest BCUT2D eigenvalue weighted by atomic mass is 16.1. The Morgan fingerprint density at radius 2 is 1.68 bits per heavy atom. The second-order valence-corrected chi connectivity index (χ2v) is 9.15. The van der Waals surface area contributed by atoms with Gasteiger partial charge in [0, 0.05) is 44.5 Å². The predicted octanol–water partition coefficient (Wildman–Crippen LogP) is 3.84. The number of carbonyl (C=O) groups is 1. The van der Waals surface area contributed by atoms with E-state index >= 15 is 0 Å². The fourth-order valence-corrected chi connectivity index (χ4v) is 5.07. The van der Waals surface area contributed by atoms with E-state index < -0.39 is 0 Å². The molecule has 1 aromatic rings. The van der Waals surface area contributed by atoms with E-state index in [4.69, 9.17) is 0 Å². The minimum Gasteiger partial charge on any atom is -0.357 e. The molecule has 1 N–H and O–H groups in total. The molecule has 2 aliphatic heterocycles. The standard InChI is InChI=1S/C23H36N4O/c1-18-9-13-27(14-10-18)22-8-7-19(17-24-22)23(28)25-20-11-15-26(16-12-20)21-5-3-2-4-6-21/h7-8,17-18,20-21H,2-6,9-16H2,1H3,(H,25,28). The van der Waals surface area contributed by atoms with Gasteiger partial charge in [0.05, 0.1) is 5.56 Å². The summed E-state index contributed by atoms with van der Waals surface area (Å²) in [6.45, 7) is 6.71. The van der Waals surface area contributed by atoms with E-state index in [2.05, 4.69) is 27.0 Å². The first-order valence-electron chi connectivity index (χ1n) is 11.4. The van der Waals surface area contributed by atoms with Crippen molar-refractivity contribution in [2.45, 2.75) is 76.8 Å². The van der Waals surface area contributed by atoms with Crippen molar-refractivity contribution in [2.24, 2.45) is 5.92 Å². The van der Waals surface area contributed by atoms with Crippen LogP contribution in [0.2, 0.25) is 0 Å². The molecule has 154 valence electrons. The molecule has 0 radical (unpaired) electrons. The molecule has 0 bridgehead atoms. The maximum Gasteiger partial charge on any atom is 0.253 e. The summed E-state index contributed by atoms with van der Waals surface area (Å²) in [5, 5.41) is 3.24. The summed E-state index contributed by atoms with van der Waals surface area (Å²) >= 11 is 0. The smallest absolute Gasteiger partial charge is 0.253 e. The Kier molecular flexibility index (Phi) is 6.50. The zero-order chi connectivity index (χ0) is 19.3. The third-order valence-corrected chi connectivity index (χ3v) is 7.07. The van der Waals surface area contributed by atoms with Crippen molar-refractivity contribution in [1.29, 1.82) is 0 Å². The van der Waals surface area contributed by atoms with Gasteiger partial charge in [0.1, 0.15) is 5.82 Å². The fraction of sp³-hybridized carbons (Fsp3) is 0.739. The summed E-state index contributed by atoms with van der Waals surface area (Å²) in [7, 11) is 0. The average molecular weight is 385 g/mol. The van der Waals surface area contributed by atoms with Gasteiger partial charge in [-0.25, -0.2) is 4.98 Å². The van der Waals surface area contributed by atoms with Crippen molar-refractivity contribution < 1.29 is 4.79 Å². The van der Waals surface area contributed by atoms with Gasteiger partial charge in [-0.05, 0) is 56.6 Å². The lowest BCUT2D eigenvalue weighted by molar-refractivity contribution is 0.0865. The first-order chi connectivity index (χ1) is 13.7. The van der Waals surface area contributed by atoms with Gasteiger partial charge in [0.2, 0.25) is 0 Å². The molecule has 0 unspecified atom stereocenters. The third-order valence-electron chi connectivity index (χ3n) is 7.07. The molecule has 3 aliphatic rings. The van der Waals surface area contributed by atoms with Crippen LogP contribution < -0.4 is 10.2 Å². The van der Waals surface area contributed by atoms with Crippen molar-refractivity contribution >= 4 is 11.7 Å². The van der Waals surface area contributed by atoms with Crippen molar-refractivity contribution in [3.05, 3.63) is 23.9 Å². The van der Waals surface area contributed by atoms with Crippen LogP contribution in [-0.4, -0.2) is 54.1 Å². The summed E-state index contributed by atoms with van der Waals surface area (Å²) in [6, 6.07) is 5.04. The zero-order valence-corrected chi connectivity index (χ0v) is 17.4. The van der Waals surface area contributed by atoms with Gasteiger partial charge in [-0.15, -0.1) is 0 Å². The van der Waals surface area contributed by atoms with Crippen LogP contribution in [0.1, 0.15) is 75.1 Å². The molecular weight excluding hydrogens is 348 g/mol. The minimum atomic E-state index is 0.0300. The molecule has 1 aromatic heterocycles. The summed E-state index contributed by atoms with van der Waals surface area (Å²) in [5.74, 6) is 1.84. The molecule has 3 fully saturated rings. The molecule has 0 aromatic carbocycles. The van der Waals surface area contributed by atoms with Gasteiger partial charge in [0.25, 0.3) is 5.91 Å². The quantitative estimate of drug-likeness (QED) is 0.857. The molecule has 4 rings (SSSR count). The van der Waals surface area contributed by atoms with Gasteiger partial charge in [-0.2, -0.15) is 0 Å². The van der Waals surface area contributed by atoms with Crippen molar-refractivity contribution in [3.63, 3.8) is 0 Å². The van der Waals surface area contributed by atoms with Gasteiger partial charge < -0.3 is 15.1 Å². The topological polar surface area (TPSA) is 48.5 Å². The number of likely N-dealkylation sites (tertiary alicyclic amines) is 1. The second-order valence-electron chi connectivity index (χ2n) is 9.15. The average Bonchev–Trinajstić information content (AvgIpc) is 2.75. The van der Waals surface area contributed by atoms with E-state index in [1.165, 1.54) is 44.9 Å². The molecule has 1 saturated carbocycles. The molecule has 1 amide bonds. The van der Waals surface area contributed by atoms with E-state index in [0.29, 0.717) is 11.6 Å². The molecule has 1 aliphatic carbocycles. The van der Waals surface area contributed by atoms with Gasteiger partial charge in [-0.1, -0.05) is 26.2 Å². The van der Waals surface area contributed by atoms with Crippen LogP contribution in [0.15, 0.2) is 18.3 Å². The molecule has 5 heteroatoms. The van der Waals surface area contributed by atoms with Crippen LogP contribution in [0.25, 0.3) is 0 Å². The lowest BCUT2D eigenvalue weighted by atomic mass is 9.92. The van der Waals surface area contributed by atoms with Crippen molar-refractivity contribution in [3.8, 4) is 0 Å². The SMILES string of the molecule is CC1CCN(c2ccc(C(=O)NC3CCN(C4CCCCC4)CC3)cn2)CC1. The molecule has 0 atom stereocenters. The Balaban J connectivity index is 1.25. The van der Waals surface area contributed by atoms with Gasteiger partial charge in [-0.3, -0.25) is 4.79 Å². The molecule has 2 saturated heterocycles. The third kappa shape index (κ3) is 4.86. The Morgan fingerprint density at radius 3 is 2.32 bits per heavy atom. The summed E-state index contributed by atoms with van der Waals surface area (Å²) in [4.78, 5) is 22.2. The summed E-state index contributed by atoms with van der Waals surface area (Å²) in [6.07, 6.45) is 13.3. The van der Waals surface area contributed by atoms with Crippen molar-refractivity contribution in [1.82, 2.24) is 15.2 Å². The maximum atomic E-state index is 12.6. The summed E-state index contributed by atoms with van der Waals surface area (Å²) in [5.41, 5.74) is 0.684. The van der Waals surface area contributed by atoms with Crippen molar-refractivity contribution in [2.75, 3.05) is 31.1 Å². The number of hydrogen-bond acceptors (Lipinski definition) is 4. The number of amides is 1. The Morgan fingerprint density at radius 1 is 0.964 bits per heavy atom. The molecule has 0 spiro atoms. The highest BCUT2D eigenvalue weighted by Gasteiger charge is 2.27. The Hall–Kier alpha value is -1.62. The van der Waals surface area contributed by atoms with E-state index in [1.54, 1.807) is 6.20 Å². The number of aromatic nitrogens is 1. The largest absolute Gasteiger partial charge is 0.357 e. The number of nitrogens with zero attached hydrogens (tertiary/aromatic N) is 3. The molecule has 3 heterocycles. The number of carbonyl (C=O) groups excluding carboxylic acids is 1. The highest BCUT2D eigenvalue weighted by Crippen LogP contribution is 2.25. The normalized spacial score (nSPS) is 23.7.